The lowest BCUT2D eigenvalue weighted by Gasteiger charge is -2.20. The molecule has 5 heteroatoms. The number of likely N-dealkylation sites (N-methyl/N-ethyl adjacent to an activating group) is 1. The molecule has 1 aromatic carbocycles. The van der Waals surface area contributed by atoms with Gasteiger partial charge < -0.3 is 14.6 Å². The van der Waals surface area contributed by atoms with Crippen LogP contribution >= 0.6 is 0 Å². The van der Waals surface area contributed by atoms with Gasteiger partial charge in [0, 0.05) is 18.2 Å². The van der Waals surface area contributed by atoms with Gasteiger partial charge in [-0.3, -0.25) is 4.79 Å². The molecule has 26 heavy (non-hydrogen) atoms. The largest absolute Gasteiger partial charge is 0.463 e. The summed E-state index contributed by atoms with van der Waals surface area (Å²) in [4.78, 5) is 19.2. The number of quaternary nitrogens is 1. The Balaban J connectivity index is 1.63. The fourth-order valence-corrected chi connectivity index (χ4v) is 3.92. The number of nitrogens with zero attached hydrogens (tertiary/aromatic N) is 1. The van der Waals surface area contributed by atoms with E-state index in [4.69, 9.17) is 4.42 Å². The molecule has 2 N–H and O–H groups in total. The summed E-state index contributed by atoms with van der Waals surface area (Å²) in [5.74, 6) is 0.626. The van der Waals surface area contributed by atoms with Crippen LogP contribution in [0, 0.1) is 0 Å². The summed E-state index contributed by atoms with van der Waals surface area (Å²) in [6.07, 6.45) is 4.04. The van der Waals surface area contributed by atoms with Gasteiger partial charge in [0.25, 0.3) is 5.91 Å². The second kappa shape index (κ2) is 7.30. The van der Waals surface area contributed by atoms with Gasteiger partial charge in [-0.25, -0.2) is 4.98 Å². The van der Waals surface area contributed by atoms with E-state index in [2.05, 4.69) is 17.2 Å². The number of para-hydroxylation sites is 1. The van der Waals surface area contributed by atoms with Crippen molar-refractivity contribution in [3.05, 3.63) is 54.3 Å². The van der Waals surface area contributed by atoms with Gasteiger partial charge in [0.15, 0.2) is 5.76 Å². The van der Waals surface area contributed by atoms with E-state index in [1.54, 1.807) is 11.2 Å². The van der Waals surface area contributed by atoms with Gasteiger partial charge in [0.05, 0.1) is 37.0 Å². The monoisotopic (exact) mass is 350 g/mol. The molecule has 4 rings (SSSR count). The molecule has 5 nitrogen and oxygen atoms in total. The highest BCUT2D eigenvalue weighted by atomic mass is 16.3. The maximum atomic E-state index is 13.0. The third-order valence-electron chi connectivity index (χ3n) is 5.33. The number of benzene rings is 1. The van der Waals surface area contributed by atoms with E-state index in [-0.39, 0.29) is 5.91 Å². The number of pyridine rings is 1. The Bertz CT molecular complexity index is 905. The average Bonchev–Trinajstić information content (AvgIpc) is 3.36. The van der Waals surface area contributed by atoms with Crippen LogP contribution in [-0.4, -0.2) is 36.6 Å². The van der Waals surface area contributed by atoms with Crippen molar-refractivity contribution < 1.29 is 14.1 Å². The van der Waals surface area contributed by atoms with E-state index < -0.39 is 0 Å². The predicted molar refractivity (Wildman–Crippen MR) is 101 cm³/mol. The first kappa shape index (κ1) is 16.8. The smallest absolute Gasteiger partial charge is 0.252 e. The molecule has 0 saturated carbocycles. The molecule has 1 aliphatic rings. The van der Waals surface area contributed by atoms with Crippen molar-refractivity contribution in [2.75, 3.05) is 19.6 Å². The fraction of sp³-hybridized carbons (Fsp3) is 0.333. The van der Waals surface area contributed by atoms with Gasteiger partial charge >= 0.3 is 0 Å². The summed E-state index contributed by atoms with van der Waals surface area (Å²) in [5.41, 5.74) is 2.13. The van der Waals surface area contributed by atoms with Gasteiger partial charge in [-0.2, -0.15) is 0 Å². The van der Waals surface area contributed by atoms with Gasteiger partial charge in [-0.1, -0.05) is 18.2 Å². The first-order valence-corrected chi connectivity index (χ1v) is 9.32. The summed E-state index contributed by atoms with van der Waals surface area (Å²) < 4.78 is 5.48. The molecule has 1 saturated heterocycles. The second-order valence-electron chi connectivity index (χ2n) is 6.86. The zero-order chi connectivity index (χ0) is 17.9. The van der Waals surface area contributed by atoms with E-state index >= 15 is 0 Å². The molecular weight excluding hydrogens is 326 g/mol. The van der Waals surface area contributed by atoms with Crippen molar-refractivity contribution in [3.63, 3.8) is 0 Å². The molecule has 3 aromatic rings. The molecule has 1 fully saturated rings. The first-order chi connectivity index (χ1) is 12.8. The number of aromatic nitrogens is 1. The van der Waals surface area contributed by atoms with Crippen molar-refractivity contribution in [3.8, 4) is 11.5 Å². The molecule has 1 unspecified atom stereocenters. The molecular formula is C21H24N3O2+. The Morgan fingerprint density at radius 1 is 1.31 bits per heavy atom. The van der Waals surface area contributed by atoms with E-state index in [1.165, 1.54) is 19.4 Å². The lowest BCUT2D eigenvalue weighted by Crippen LogP contribution is -3.14. The number of hydrogen-bond acceptors (Lipinski definition) is 3. The zero-order valence-corrected chi connectivity index (χ0v) is 15.0. The number of rotatable bonds is 5. The second-order valence-corrected chi connectivity index (χ2v) is 6.86. The van der Waals surface area contributed by atoms with Crippen LogP contribution in [0.2, 0.25) is 0 Å². The number of carbonyl (C=O) groups excluding carboxylic acids is 1. The topological polar surface area (TPSA) is 59.6 Å². The van der Waals surface area contributed by atoms with Crippen LogP contribution in [0.3, 0.4) is 0 Å². The van der Waals surface area contributed by atoms with Crippen LogP contribution in [0.4, 0.5) is 0 Å². The maximum Gasteiger partial charge on any atom is 0.252 e. The van der Waals surface area contributed by atoms with E-state index in [0.29, 0.717) is 23.1 Å². The highest BCUT2D eigenvalue weighted by Gasteiger charge is 2.27. The Labute approximate surface area is 153 Å². The van der Waals surface area contributed by atoms with E-state index in [9.17, 15) is 4.79 Å². The Kier molecular flexibility index (Phi) is 4.71. The summed E-state index contributed by atoms with van der Waals surface area (Å²) in [6.45, 7) is 5.25. The third-order valence-corrected chi connectivity index (χ3v) is 5.33. The molecule has 2 aromatic heterocycles. The molecule has 2 atom stereocenters. The molecule has 0 radical (unpaired) electrons. The Hall–Kier alpha value is -2.66. The lowest BCUT2D eigenvalue weighted by atomic mass is 10.1. The fourth-order valence-electron chi connectivity index (χ4n) is 3.92. The summed E-state index contributed by atoms with van der Waals surface area (Å²) in [6, 6.07) is 13.8. The molecule has 1 aliphatic heterocycles. The normalized spacial score (nSPS) is 19.7. The summed E-state index contributed by atoms with van der Waals surface area (Å²) >= 11 is 0. The predicted octanol–water partition coefficient (Wildman–Crippen LogP) is 2.29. The third kappa shape index (κ3) is 3.22. The van der Waals surface area contributed by atoms with Crippen LogP contribution in [0.1, 0.15) is 30.1 Å². The molecule has 0 aliphatic carbocycles. The Morgan fingerprint density at radius 2 is 2.19 bits per heavy atom. The van der Waals surface area contributed by atoms with E-state index in [1.807, 2.05) is 42.5 Å². The lowest BCUT2D eigenvalue weighted by molar-refractivity contribution is -0.909. The minimum Gasteiger partial charge on any atom is -0.463 e. The molecule has 0 spiro atoms. The maximum absolute atomic E-state index is 13.0. The standard InChI is InChI=1S/C21H23N3O2/c1-2-24-11-5-7-15(24)14-22-21(25)17-13-19(20-10-6-12-26-20)23-18-9-4-3-8-16(17)18/h3-4,6,8-10,12-13,15H,2,5,7,11,14H2,1H3,(H,22,25)/p+1/t15-/m1/s1. The average molecular weight is 350 g/mol. The van der Waals surface area contributed by atoms with Crippen molar-refractivity contribution in [2.45, 2.75) is 25.8 Å². The molecule has 1 amide bonds. The van der Waals surface area contributed by atoms with Crippen LogP contribution in [0.25, 0.3) is 22.4 Å². The highest BCUT2D eigenvalue weighted by Crippen LogP contribution is 2.25. The van der Waals surface area contributed by atoms with Crippen LogP contribution in [0.15, 0.2) is 53.1 Å². The number of likely N-dealkylation sites (tertiary alicyclic amines) is 1. The molecule has 134 valence electrons. The highest BCUT2D eigenvalue weighted by molar-refractivity contribution is 6.07. The number of furan rings is 1. The summed E-state index contributed by atoms with van der Waals surface area (Å²) in [5, 5.41) is 4.02. The SMILES string of the molecule is CC[NH+]1CCC[C@@H]1CNC(=O)c1cc(-c2ccco2)nc2ccccc12. The summed E-state index contributed by atoms with van der Waals surface area (Å²) in [7, 11) is 0. The van der Waals surface area contributed by atoms with Gasteiger partial charge in [0.2, 0.25) is 0 Å². The number of amides is 1. The minimum atomic E-state index is -0.0428. The van der Waals surface area contributed by atoms with Crippen molar-refractivity contribution >= 4 is 16.8 Å². The van der Waals surface area contributed by atoms with Crippen LogP contribution in [-0.2, 0) is 0 Å². The van der Waals surface area contributed by atoms with Gasteiger partial charge in [-0.05, 0) is 31.2 Å². The van der Waals surface area contributed by atoms with Gasteiger partial charge in [0.1, 0.15) is 11.7 Å². The number of fused-ring (bicyclic) bond motifs is 1. The van der Waals surface area contributed by atoms with Crippen molar-refractivity contribution in [2.24, 2.45) is 0 Å². The first-order valence-electron chi connectivity index (χ1n) is 9.32. The van der Waals surface area contributed by atoms with E-state index in [0.717, 1.165) is 24.0 Å². The molecule has 3 heterocycles. The quantitative estimate of drug-likeness (QED) is 0.742. The zero-order valence-electron chi connectivity index (χ0n) is 15.0. The van der Waals surface area contributed by atoms with Crippen LogP contribution in [0.5, 0.6) is 0 Å². The number of carbonyl (C=O) groups is 1. The van der Waals surface area contributed by atoms with Gasteiger partial charge in [-0.15, -0.1) is 0 Å². The van der Waals surface area contributed by atoms with Crippen molar-refractivity contribution in [1.29, 1.82) is 0 Å². The number of hydrogen-bond donors (Lipinski definition) is 2. The Morgan fingerprint density at radius 3 is 3.00 bits per heavy atom. The minimum absolute atomic E-state index is 0.0428. The molecule has 0 bridgehead atoms. The number of nitrogens with one attached hydrogen (secondary N) is 2. The van der Waals surface area contributed by atoms with Crippen molar-refractivity contribution in [1.82, 2.24) is 10.3 Å². The van der Waals surface area contributed by atoms with Crippen LogP contribution < -0.4 is 10.2 Å².